The summed E-state index contributed by atoms with van der Waals surface area (Å²) in [6, 6.07) is 12.1. The first-order chi connectivity index (χ1) is 12.5. The van der Waals surface area contributed by atoms with Crippen molar-refractivity contribution in [3.8, 4) is 0 Å². The number of hydrogen-bond donors (Lipinski definition) is 1. The van der Waals surface area contributed by atoms with Crippen LogP contribution in [0.25, 0.3) is 0 Å². The molecule has 0 aromatic heterocycles. The summed E-state index contributed by atoms with van der Waals surface area (Å²) in [5, 5.41) is 10.6. The smallest absolute Gasteiger partial charge is 0.256 e. The molecule has 4 nitrogen and oxygen atoms in total. The molecule has 0 aliphatic carbocycles. The Morgan fingerprint density at radius 2 is 1.81 bits per heavy atom. The number of halogens is 1. The van der Waals surface area contributed by atoms with Gasteiger partial charge in [0.05, 0.1) is 11.7 Å². The monoisotopic (exact) mass is 356 g/mol. The number of β-amino-alcohol motifs (C(OH)–C–C–N with tert-alkyl or cyclic N) is 1. The SMILES string of the molecule is Cc1ccc(C(O)CN2CCN(C(=O)c3ccccc3F)CC2)c(C)c1. The van der Waals surface area contributed by atoms with Gasteiger partial charge < -0.3 is 10.0 Å². The van der Waals surface area contributed by atoms with E-state index in [1.807, 2.05) is 26.0 Å². The van der Waals surface area contributed by atoms with Gasteiger partial charge in [-0.15, -0.1) is 0 Å². The number of carbonyl (C=O) groups excluding carboxylic acids is 1. The highest BCUT2D eigenvalue weighted by atomic mass is 19.1. The number of piperazine rings is 1. The Labute approximate surface area is 153 Å². The largest absolute Gasteiger partial charge is 0.387 e. The molecule has 1 N–H and O–H groups in total. The van der Waals surface area contributed by atoms with Crippen molar-refractivity contribution < 1.29 is 14.3 Å². The summed E-state index contributed by atoms with van der Waals surface area (Å²) in [5.41, 5.74) is 3.33. The average molecular weight is 356 g/mol. The molecular weight excluding hydrogens is 331 g/mol. The van der Waals surface area contributed by atoms with Gasteiger partial charge in [-0.05, 0) is 37.1 Å². The topological polar surface area (TPSA) is 43.8 Å². The second-order valence-corrected chi connectivity index (χ2v) is 6.95. The molecule has 0 spiro atoms. The first-order valence-electron chi connectivity index (χ1n) is 8.97. The minimum absolute atomic E-state index is 0.122. The molecule has 0 bridgehead atoms. The molecule has 1 aliphatic heterocycles. The zero-order valence-corrected chi connectivity index (χ0v) is 15.3. The van der Waals surface area contributed by atoms with Crippen LogP contribution in [-0.2, 0) is 0 Å². The average Bonchev–Trinajstić information content (AvgIpc) is 2.62. The lowest BCUT2D eigenvalue weighted by Crippen LogP contribution is -2.49. The number of rotatable bonds is 4. The lowest BCUT2D eigenvalue weighted by Gasteiger charge is -2.36. The molecule has 1 amide bonds. The highest BCUT2D eigenvalue weighted by Crippen LogP contribution is 2.21. The maximum absolute atomic E-state index is 13.8. The summed E-state index contributed by atoms with van der Waals surface area (Å²) in [6.45, 7) is 6.99. The number of carbonyl (C=O) groups is 1. The Bertz CT molecular complexity index is 785. The normalized spacial score (nSPS) is 16.5. The predicted molar refractivity (Wildman–Crippen MR) is 99.6 cm³/mol. The standard InChI is InChI=1S/C21H25FN2O2/c1-15-7-8-17(16(2)13-15)20(25)14-23-9-11-24(12-10-23)21(26)18-5-3-4-6-19(18)22/h3-8,13,20,25H,9-12,14H2,1-2H3. The van der Waals surface area contributed by atoms with Crippen LogP contribution in [0.2, 0.25) is 0 Å². The van der Waals surface area contributed by atoms with Gasteiger partial charge in [0.25, 0.3) is 5.91 Å². The van der Waals surface area contributed by atoms with Gasteiger partial charge in [0.2, 0.25) is 0 Å². The number of benzene rings is 2. The van der Waals surface area contributed by atoms with Crippen LogP contribution >= 0.6 is 0 Å². The van der Waals surface area contributed by atoms with Gasteiger partial charge in [-0.2, -0.15) is 0 Å². The number of aryl methyl sites for hydroxylation is 2. The Morgan fingerprint density at radius 1 is 1.12 bits per heavy atom. The predicted octanol–water partition coefficient (Wildman–Crippen LogP) is 2.93. The number of nitrogens with zero attached hydrogens (tertiary/aromatic N) is 2. The minimum atomic E-state index is -0.551. The quantitative estimate of drug-likeness (QED) is 0.916. The van der Waals surface area contributed by atoms with E-state index < -0.39 is 11.9 Å². The first-order valence-corrected chi connectivity index (χ1v) is 8.97. The van der Waals surface area contributed by atoms with E-state index in [2.05, 4.69) is 11.0 Å². The van der Waals surface area contributed by atoms with Crippen LogP contribution in [0.15, 0.2) is 42.5 Å². The van der Waals surface area contributed by atoms with Gasteiger partial charge in [-0.1, -0.05) is 35.9 Å². The molecule has 1 atom stereocenters. The third-order valence-corrected chi connectivity index (χ3v) is 4.98. The molecule has 1 saturated heterocycles. The fourth-order valence-electron chi connectivity index (χ4n) is 3.48. The third-order valence-electron chi connectivity index (χ3n) is 4.98. The summed E-state index contributed by atoms with van der Waals surface area (Å²) in [7, 11) is 0. The van der Waals surface area contributed by atoms with E-state index in [1.165, 1.54) is 17.7 Å². The first kappa shape index (κ1) is 18.5. The summed E-state index contributed by atoms with van der Waals surface area (Å²) in [5.74, 6) is -0.747. The van der Waals surface area contributed by atoms with Crippen LogP contribution in [0.5, 0.6) is 0 Å². The molecule has 1 unspecified atom stereocenters. The van der Waals surface area contributed by atoms with Crippen molar-refractivity contribution in [2.75, 3.05) is 32.7 Å². The Kier molecular flexibility index (Phi) is 5.69. The Balaban J connectivity index is 1.57. The van der Waals surface area contributed by atoms with E-state index in [4.69, 9.17) is 0 Å². The molecule has 0 saturated carbocycles. The molecule has 1 heterocycles. The van der Waals surface area contributed by atoms with Gasteiger partial charge in [0.1, 0.15) is 5.82 Å². The highest BCUT2D eigenvalue weighted by Gasteiger charge is 2.25. The molecule has 2 aromatic carbocycles. The van der Waals surface area contributed by atoms with Crippen LogP contribution in [0.4, 0.5) is 4.39 Å². The van der Waals surface area contributed by atoms with Crippen molar-refractivity contribution in [3.63, 3.8) is 0 Å². The summed E-state index contributed by atoms with van der Waals surface area (Å²) in [6.07, 6.45) is -0.551. The summed E-state index contributed by atoms with van der Waals surface area (Å²) >= 11 is 0. The molecule has 2 aromatic rings. The van der Waals surface area contributed by atoms with Crippen LogP contribution < -0.4 is 0 Å². The molecule has 1 aliphatic rings. The van der Waals surface area contributed by atoms with Crippen molar-refractivity contribution in [1.82, 2.24) is 9.80 Å². The molecule has 3 rings (SSSR count). The van der Waals surface area contributed by atoms with E-state index in [1.54, 1.807) is 17.0 Å². The lowest BCUT2D eigenvalue weighted by molar-refractivity contribution is 0.0523. The fraction of sp³-hybridized carbons (Fsp3) is 0.381. The zero-order valence-electron chi connectivity index (χ0n) is 15.3. The molecule has 26 heavy (non-hydrogen) atoms. The number of amides is 1. The van der Waals surface area contributed by atoms with E-state index >= 15 is 0 Å². The lowest BCUT2D eigenvalue weighted by atomic mass is 10.0. The van der Waals surface area contributed by atoms with Gasteiger partial charge in [-0.25, -0.2) is 4.39 Å². The summed E-state index contributed by atoms with van der Waals surface area (Å²) < 4.78 is 13.8. The minimum Gasteiger partial charge on any atom is -0.387 e. The van der Waals surface area contributed by atoms with Crippen molar-refractivity contribution >= 4 is 5.91 Å². The van der Waals surface area contributed by atoms with Crippen LogP contribution in [-0.4, -0.2) is 53.5 Å². The van der Waals surface area contributed by atoms with Crippen LogP contribution in [0.1, 0.15) is 33.2 Å². The van der Waals surface area contributed by atoms with E-state index in [9.17, 15) is 14.3 Å². The molecule has 0 radical (unpaired) electrons. The van der Waals surface area contributed by atoms with E-state index in [0.29, 0.717) is 32.7 Å². The third kappa shape index (κ3) is 4.11. The van der Waals surface area contributed by atoms with E-state index in [-0.39, 0.29) is 11.5 Å². The fourth-order valence-corrected chi connectivity index (χ4v) is 3.48. The second kappa shape index (κ2) is 7.98. The van der Waals surface area contributed by atoms with Crippen molar-refractivity contribution in [1.29, 1.82) is 0 Å². The van der Waals surface area contributed by atoms with E-state index in [0.717, 1.165) is 11.1 Å². The van der Waals surface area contributed by atoms with Gasteiger partial charge in [-0.3, -0.25) is 9.69 Å². The van der Waals surface area contributed by atoms with Crippen LogP contribution in [0.3, 0.4) is 0 Å². The maximum Gasteiger partial charge on any atom is 0.256 e. The zero-order chi connectivity index (χ0) is 18.7. The number of aliphatic hydroxyl groups excluding tert-OH is 1. The Hall–Kier alpha value is -2.24. The molecule has 138 valence electrons. The Morgan fingerprint density at radius 3 is 2.46 bits per heavy atom. The highest BCUT2D eigenvalue weighted by molar-refractivity contribution is 5.94. The van der Waals surface area contributed by atoms with Crippen molar-refractivity contribution in [2.24, 2.45) is 0 Å². The van der Waals surface area contributed by atoms with Gasteiger partial charge >= 0.3 is 0 Å². The van der Waals surface area contributed by atoms with Crippen LogP contribution in [0, 0.1) is 19.7 Å². The van der Waals surface area contributed by atoms with Gasteiger partial charge in [0, 0.05) is 32.7 Å². The van der Waals surface area contributed by atoms with Crippen molar-refractivity contribution in [2.45, 2.75) is 20.0 Å². The van der Waals surface area contributed by atoms with Crippen molar-refractivity contribution in [3.05, 3.63) is 70.5 Å². The second-order valence-electron chi connectivity index (χ2n) is 6.95. The van der Waals surface area contributed by atoms with Gasteiger partial charge in [0.15, 0.2) is 0 Å². The maximum atomic E-state index is 13.8. The number of hydrogen-bond acceptors (Lipinski definition) is 3. The molecule has 5 heteroatoms. The summed E-state index contributed by atoms with van der Waals surface area (Å²) in [4.78, 5) is 16.3. The molecular formula is C21H25FN2O2. The molecule has 1 fully saturated rings. The number of aliphatic hydroxyl groups is 1.